The summed E-state index contributed by atoms with van der Waals surface area (Å²) in [5, 5.41) is 9.05. The molecule has 3 N–H and O–H groups in total. The molecule has 0 bridgehead atoms. The van der Waals surface area contributed by atoms with Crippen LogP contribution in [0.1, 0.15) is 21.6 Å². The molecule has 0 spiro atoms. The number of aromatic nitrogens is 3. The molecule has 1 aliphatic heterocycles. The molecule has 5 rings (SSSR count). The molecule has 0 atom stereocenters. The molecule has 8 nitrogen and oxygen atoms in total. The van der Waals surface area contributed by atoms with Crippen molar-refractivity contribution < 1.29 is 9.59 Å². The lowest BCUT2D eigenvalue weighted by atomic mass is 10.1. The van der Waals surface area contributed by atoms with Crippen LogP contribution >= 0.6 is 22.6 Å². The number of carbonyl (C=O) groups is 2. The van der Waals surface area contributed by atoms with Crippen molar-refractivity contribution in [3.63, 3.8) is 0 Å². The van der Waals surface area contributed by atoms with Crippen LogP contribution in [0, 0.1) is 3.57 Å². The summed E-state index contributed by atoms with van der Waals surface area (Å²) in [5.41, 5.74) is 5.33. The van der Waals surface area contributed by atoms with Crippen LogP contribution < -0.4 is 16.0 Å². The predicted octanol–water partition coefficient (Wildman–Crippen LogP) is 4.35. The first kappa shape index (κ1) is 22.9. The van der Waals surface area contributed by atoms with Gasteiger partial charge in [-0.3, -0.25) is 14.6 Å². The number of pyridine rings is 1. The van der Waals surface area contributed by atoms with Crippen molar-refractivity contribution in [3.8, 4) is 11.3 Å². The van der Waals surface area contributed by atoms with Gasteiger partial charge >= 0.3 is 0 Å². The van der Waals surface area contributed by atoms with E-state index in [-0.39, 0.29) is 18.2 Å². The zero-order chi connectivity index (χ0) is 24.2. The highest BCUT2D eigenvalue weighted by molar-refractivity contribution is 14.1. The molecule has 2 amide bonds. The normalized spacial score (nSPS) is 12.1. The number of benzene rings is 2. The summed E-state index contributed by atoms with van der Waals surface area (Å²) in [5.74, 6) is 0.178. The van der Waals surface area contributed by atoms with Crippen LogP contribution in [0.25, 0.3) is 11.3 Å². The van der Waals surface area contributed by atoms with E-state index in [0.717, 1.165) is 37.5 Å². The number of fused-ring (bicyclic) bond motifs is 3. The van der Waals surface area contributed by atoms with E-state index in [1.54, 1.807) is 24.5 Å². The van der Waals surface area contributed by atoms with Crippen LogP contribution in [0.15, 0.2) is 73.1 Å². The third-order valence-electron chi connectivity index (χ3n) is 5.52. The van der Waals surface area contributed by atoms with Crippen molar-refractivity contribution in [2.45, 2.75) is 12.8 Å². The highest BCUT2D eigenvalue weighted by Crippen LogP contribution is 2.34. The molecule has 0 saturated carbocycles. The van der Waals surface area contributed by atoms with Gasteiger partial charge in [0.15, 0.2) is 0 Å². The second kappa shape index (κ2) is 10.2. The van der Waals surface area contributed by atoms with Crippen LogP contribution in [0.2, 0.25) is 0 Å². The topological polar surface area (TPSA) is 109 Å². The molecule has 9 heteroatoms. The summed E-state index contributed by atoms with van der Waals surface area (Å²) in [7, 11) is 0. The van der Waals surface area contributed by atoms with Crippen molar-refractivity contribution >= 4 is 51.7 Å². The van der Waals surface area contributed by atoms with Gasteiger partial charge < -0.3 is 16.0 Å². The molecule has 2 aromatic heterocycles. The van der Waals surface area contributed by atoms with Gasteiger partial charge in [-0.05, 0) is 77.2 Å². The van der Waals surface area contributed by atoms with Gasteiger partial charge in [0.05, 0.1) is 17.8 Å². The molecular weight excluding hydrogens is 555 g/mol. The fourth-order valence-electron chi connectivity index (χ4n) is 3.81. The molecule has 1 aliphatic rings. The van der Waals surface area contributed by atoms with Gasteiger partial charge in [-0.2, -0.15) is 0 Å². The summed E-state index contributed by atoms with van der Waals surface area (Å²) in [4.78, 5) is 38.1. The van der Waals surface area contributed by atoms with Crippen LogP contribution in [-0.4, -0.2) is 33.3 Å². The Morgan fingerprint density at radius 1 is 1.06 bits per heavy atom. The monoisotopic (exact) mass is 576 g/mol. The van der Waals surface area contributed by atoms with Crippen molar-refractivity contribution in [2.75, 3.05) is 17.2 Å². The number of hydrogen-bond donors (Lipinski definition) is 3. The van der Waals surface area contributed by atoms with Gasteiger partial charge in [0.25, 0.3) is 5.91 Å². The molecule has 4 aromatic rings. The van der Waals surface area contributed by atoms with E-state index in [4.69, 9.17) is 4.98 Å². The van der Waals surface area contributed by atoms with E-state index >= 15 is 0 Å². The van der Waals surface area contributed by atoms with Gasteiger partial charge in [0, 0.05) is 57.0 Å². The Morgan fingerprint density at radius 2 is 1.91 bits per heavy atom. The SMILES string of the molecule is O=C1Cc2cnc(Nc3ccc(C(=O)NCCc4ccccn4)cc3)nc2-c2ccc(I)cc2N1. The maximum Gasteiger partial charge on any atom is 0.251 e. The second-order valence-electron chi connectivity index (χ2n) is 8.01. The average molecular weight is 576 g/mol. The number of anilines is 3. The summed E-state index contributed by atoms with van der Waals surface area (Å²) < 4.78 is 1.03. The standard InChI is InChI=1S/C26H21IN6O2/c27-18-6-9-21-22(14-18)32-23(34)13-17-15-30-26(33-24(17)21)31-20-7-4-16(5-8-20)25(35)29-12-10-19-3-1-2-11-28-19/h1-9,11,14-15H,10,12-13H2,(H,29,35)(H,32,34)(H,30,31,33). The lowest BCUT2D eigenvalue weighted by Gasteiger charge is -2.11. The molecule has 0 saturated heterocycles. The molecule has 3 heterocycles. The lowest BCUT2D eigenvalue weighted by molar-refractivity contribution is -0.115. The van der Waals surface area contributed by atoms with Gasteiger partial charge in [-0.15, -0.1) is 0 Å². The highest BCUT2D eigenvalue weighted by Gasteiger charge is 2.21. The van der Waals surface area contributed by atoms with Crippen LogP contribution in [-0.2, 0) is 17.6 Å². The Bertz CT molecular complexity index is 1390. The first-order chi connectivity index (χ1) is 17.0. The molecule has 0 fully saturated rings. The Hall–Kier alpha value is -3.86. The quantitative estimate of drug-likeness (QED) is 0.295. The highest BCUT2D eigenvalue weighted by atomic mass is 127. The van der Waals surface area contributed by atoms with Crippen molar-refractivity contribution in [1.82, 2.24) is 20.3 Å². The smallest absolute Gasteiger partial charge is 0.251 e. The van der Waals surface area contributed by atoms with Crippen LogP contribution in [0.3, 0.4) is 0 Å². The number of nitrogens with one attached hydrogen (secondary N) is 3. The molecule has 0 unspecified atom stereocenters. The Kier molecular flexibility index (Phi) is 6.66. The Balaban J connectivity index is 1.28. The summed E-state index contributed by atoms with van der Waals surface area (Å²) in [6, 6.07) is 18.7. The lowest BCUT2D eigenvalue weighted by Crippen LogP contribution is -2.25. The molecular formula is C26H21IN6O2. The van der Waals surface area contributed by atoms with E-state index in [1.165, 1.54) is 0 Å². The van der Waals surface area contributed by atoms with Crippen molar-refractivity contribution in [2.24, 2.45) is 0 Å². The number of rotatable bonds is 6. The maximum atomic E-state index is 12.5. The van der Waals surface area contributed by atoms with Gasteiger partial charge in [0.1, 0.15) is 0 Å². The minimum atomic E-state index is -0.142. The average Bonchev–Trinajstić information content (AvgIpc) is 2.99. The van der Waals surface area contributed by atoms with Crippen molar-refractivity contribution in [3.05, 3.63) is 93.4 Å². The van der Waals surface area contributed by atoms with E-state index in [2.05, 4.69) is 48.5 Å². The predicted molar refractivity (Wildman–Crippen MR) is 143 cm³/mol. The Labute approximate surface area is 215 Å². The molecule has 35 heavy (non-hydrogen) atoms. The van der Waals surface area contributed by atoms with Crippen LogP contribution in [0.4, 0.5) is 17.3 Å². The number of carbonyl (C=O) groups excluding carboxylic acids is 2. The summed E-state index contributed by atoms with van der Waals surface area (Å²) >= 11 is 2.22. The second-order valence-corrected chi connectivity index (χ2v) is 9.26. The summed E-state index contributed by atoms with van der Waals surface area (Å²) in [6.07, 6.45) is 4.31. The minimum Gasteiger partial charge on any atom is -0.352 e. The molecule has 2 aromatic carbocycles. The van der Waals surface area contributed by atoms with Gasteiger partial charge in [-0.25, -0.2) is 9.97 Å². The number of halogens is 1. The Morgan fingerprint density at radius 3 is 2.71 bits per heavy atom. The minimum absolute atomic E-state index is 0.0924. The third kappa shape index (κ3) is 5.46. The fraction of sp³-hybridized carbons (Fsp3) is 0.115. The zero-order valence-electron chi connectivity index (χ0n) is 18.6. The number of nitrogens with zero attached hydrogens (tertiary/aromatic N) is 3. The molecule has 174 valence electrons. The van der Waals surface area contributed by atoms with Crippen LogP contribution in [0.5, 0.6) is 0 Å². The third-order valence-corrected chi connectivity index (χ3v) is 6.19. The molecule has 0 aliphatic carbocycles. The first-order valence-corrected chi connectivity index (χ1v) is 12.1. The van der Waals surface area contributed by atoms with E-state index < -0.39 is 0 Å². The van der Waals surface area contributed by atoms with E-state index in [1.807, 2.05) is 48.5 Å². The van der Waals surface area contributed by atoms with E-state index in [0.29, 0.717) is 24.5 Å². The zero-order valence-corrected chi connectivity index (χ0v) is 20.7. The molecule has 0 radical (unpaired) electrons. The first-order valence-electron chi connectivity index (χ1n) is 11.1. The number of amides is 2. The van der Waals surface area contributed by atoms with Crippen molar-refractivity contribution in [1.29, 1.82) is 0 Å². The maximum absolute atomic E-state index is 12.5. The van der Waals surface area contributed by atoms with E-state index in [9.17, 15) is 9.59 Å². The van der Waals surface area contributed by atoms with Gasteiger partial charge in [0.2, 0.25) is 11.9 Å². The fourth-order valence-corrected chi connectivity index (χ4v) is 4.30. The van der Waals surface area contributed by atoms with Gasteiger partial charge in [-0.1, -0.05) is 6.07 Å². The number of hydrogen-bond acceptors (Lipinski definition) is 6. The largest absolute Gasteiger partial charge is 0.352 e. The summed E-state index contributed by atoms with van der Waals surface area (Å²) in [6.45, 7) is 0.511.